The third-order valence-corrected chi connectivity index (χ3v) is 10.2. The van der Waals surface area contributed by atoms with E-state index in [9.17, 15) is 9.90 Å². The Morgan fingerprint density at radius 1 is 1.00 bits per heavy atom. The van der Waals surface area contributed by atoms with Gasteiger partial charge in [0.1, 0.15) is 6.10 Å². The molecule has 0 radical (unpaired) electrons. The van der Waals surface area contributed by atoms with Crippen LogP contribution >= 0.6 is 0 Å². The first kappa shape index (κ1) is 23.7. The van der Waals surface area contributed by atoms with Crippen molar-refractivity contribution in [2.75, 3.05) is 0 Å². The molecule has 1 aromatic heterocycles. The zero-order valence-corrected chi connectivity index (χ0v) is 21.4. The number of aliphatic hydroxyl groups excluding tert-OH is 1. The molecule has 0 unspecified atom stereocenters. The molecule has 2 aromatic rings. The van der Waals surface area contributed by atoms with Crippen LogP contribution in [0.1, 0.15) is 76.0 Å². The maximum absolute atomic E-state index is 12.7. The number of pyridine rings is 1. The zero-order chi connectivity index (χ0) is 24.9. The second-order valence-electron chi connectivity index (χ2n) is 11.9. The van der Waals surface area contributed by atoms with Crippen molar-refractivity contribution in [1.82, 2.24) is 4.98 Å². The summed E-state index contributed by atoms with van der Waals surface area (Å²) in [5.74, 6) is 1.53. The van der Waals surface area contributed by atoms with Crippen LogP contribution in [-0.4, -0.2) is 22.2 Å². The Bertz CT molecular complexity index is 1190. The van der Waals surface area contributed by atoms with E-state index in [1.165, 1.54) is 36.0 Å². The molecule has 0 bridgehead atoms. The Balaban J connectivity index is 1.17. The molecular formula is C32H37NO3. The minimum Gasteiger partial charge on any atom is -0.460 e. The number of esters is 1. The fourth-order valence-corrected chi connectivity index (χ4v) is 8.27. The van der Waals surface area contributed by atoms with E-state index < -0.39 is 12.1 Å². The molecule has 2 fully saturated rings. The van der Waals surface area contributed by atoms with Gasteiger partial charge in [-0.2, -0.15) is 0 Å². The minimum atomic E-state index is -1.22. The van der Waals surface area contributed by atoms with E-state index in [0.29, 0.717) is 23.3 Å². The molecule has 1 N–H and O–H groups in total. The van der Waals surface area contributed by atoms with Gasteiger partial charge in [-0.25, -0.2) is 4.79 Å². The molecule has 0 spiro atoms. The molecule has 36 heavy (non-hydrogen) atoms. The summed E-state index contributed by atoms with van der Waals surface area (Å²) < 4.78 is 5.84. The fourth-order valence-electron chi connectivity index (χ4n) is 8.27. The number of rotatable bonds is 4. The van der Waals surface area contributed by atoms with Gasteiger partial charge >= 0.3 is 5.97 Å². The largest absolute Gasteiger partial charge is 0.460 e. The Kier molecular flexibility index (Phi) is 5.91. The molecule has 0 saturated heterocycles. The Morgan fingerprint density at radius 3 is 2.58 bits per heavy atom. The first-order valence-electron chi connectivity index (χ1n) is 13.6. The second-order valence-corrected chi connectivity index (χ2v) is 11.9. The molecule has 0 amide bonds. The van der Waals surface area contributed by atoms with Crippen molar-refractivity contribution >= 4 is 11.5 Å². The molecule has 2 saturated carbocycles. The van der Waals surface area contributed by atoms with E-state index in [4.69, 9.17) is 4.74 Å². The second kappa shape index (κ2) is 8.99. The highest BCUT2D eigenvalue weighted by Gasteiger charge is 2.57. The summed E-state index contributed by atoms with van der Waals surface area (Å²) in [6, 6.07) is 13.3. The van der Waals surface area contributed by atoms with E-state index in [-0.39, 0.29) is 16.9 Å². The lowest BCUT2D eigenvalue weighted by atomic mass is 9.47. The number of nitrogens with zero attached hydrogens (tertiary/aromatic N) is 1. The molecule has 1 heterocycles. The highest BCUT2D eigenvalue weighted by atomic mass is 16.6. The van der Waals surface area contributed by atoms with Gasteiger partial charge in [0.2, 0.25) is 0 Å². The third-order valence-electron chi connectivity index (χ3n) is 10.2. The van der Waals surface area contributed by atoms with Gasteiger partial charge < -0.3 is 9.84 Å². The topological polar surface area (TPSA) is 59.4 Å². The van der Waals surface area contributed by atoms with Crippen molar-refractivity contribution in [3.05, 3.63) is 83.7 Å². The van der Waals surface area contributed by atoms with Crippen molar-refractivity contribution in [2.24, 2.45) is 28.6 Å². The van der Waals surface area contributed by atoms with Crippen LogP contribution in [0.5, 0.6) is 0 Å². The Morgan fingerprint density at radius 2 is 1.81 bits per heavy atom. The highest BCUT2D eigenvalue weighted by Crippen LogP contribution is 2.66. The third kappa shape index (κ3) is 3.76. The maximum Gasteiger partial charge on any atom is 0.339 e. The van der Waals surface area contributed by atoms with E-state index >= 15 is 0 Å². The summed E-state index contributed by atoms with van der Waals surface area (Å²) in [6.45, 7) is 4.97. The monoisotopic (exact) mass is 483 g/mol. The molecular weight excluding hydrogens is 446 g/mol. The maximum atomic E-state index is 12.7. The summed E-state index contributed by atoms with van der Waals surface area (Å²) >= 11 is 0. The summed E-state index contributed by atoms with van der Waals surface area (Å²) in [7, 11) is 0. The minimum absolute atomic E-state index is 0.147. The van der Waals surface area contributed by atoms with Crippen LogP contribution in [-0.2, 0) is 9.53 Å². The smallest absolute Gasteiger partial charge is 0.339 e. The first-order valence-corrected chi connectivity index (χ1v) is 13.6. The average molecular weight is 484 g/mol. The number of hydrogen-bond acceptors (Lipinski definition) is 4. The van der Waals surface area contributed by atoms with Gasteiger partial charge in [0.25, 0.3) is 0 Å². The molecule has 4 heteroatoms. The lowest BCUT2D eigenvalue weighted by Gasteiger charge is -2.57. The van der Waals surface area contributed by atoms with Gasteiger partial charge in [0.05, 0.1) is 0 Å². The summed E-state index contributed by atoms with van der Waals surface area (Å²) in [6.07, 6.45) is 15.0. The molecule has 1 aromatic carbocycles. The van der Waals surface area contributed by atoms with Gasteiger partial charge in [-0.1, -0.05) is 68.0 Å². The number of aliphatic hydroxyl groups is 1. The summed E-state index contributed by atoms with van der Waals surface area (Å²) in [4.78, 5) is 17.1. The zero-order valence-electron chi connectivity index (χ0n) is 21.4. The number of aromatic nitrogens is 1. The van der Waals surface area contributed by atoms with Crippen molar-refractivity contribution in [3.63, 3.8) is 0 Å². The van der Waals surface area contributed by atoms with Crippen molar-refractivity contribution in [3.8, 4) is 0 Å². The van der Waals surface area contributed by atoms with E-state index in [1.54, 1.807) is 12.1 Å². The summed E-state index contributed by atoms with van der Waals surface area (Å²) in [5, 5.41) is 10.5. The molecule has 0 aliphatic heterocycles. The van der Waals surface area contributed by atoms with Crippen molar-refractivity contribution in [2.45, 2.75) is 71.0 Å². The van der Waals surface area contributed by atoms with Crippen LogP contribution in [0.4, 0.5) is 0 Å². The van der Waals surface area contributed by atoms with E-state index in [2.05, 4.69) is 43.1 Å². The Hall–Kier alpha value is -2.72. The number of hydrogen-bond donors (Lipinski definition) is 1. The number of fused-ring (bicyclic) bond motifs is 5. The normalized spacial score (nSPS) is 36.0. The molecule has 6 rings (SSSR count). The Labute approximate surface area is 214 Å². The average Bonchev–Trinajstić information content (AvgIpc) is 3.26. The standard InChI is InChI=1S/C32H37NO3/c1-31-16-14-24(36-30(35)29(34)21-7-4-3-5-8-21)19-23(31)10-11-25-27-13-12-26(22-9-6-18-33-20-22)32(27,2)17-15-28(25)31/h3-10,12,18,20,24-25,27-29,34H,11,13-17,19H2,1-2H3/t24-,25-,27-,28-,29-,31-,32+/m0/s1. The van der Waals surface area contributed by atoms with Crippen molar-refractivity contribution in [1.29, 1.82) is 0 Å². The van der Waals surface area contributed by atoms with Crippen LogP contribution < -0.4 is 0 Å². The molecule has 7 atom stereocenters. The lowest BCUT2D eigenvalue weighted by molar-refractivity contribution is -0.161. The fraction of sp³-hybridized carbons (Fsp3) is 0.500. The van der Waals surface area contributed by atoms with Crippen LogP contribution in [0.3, 0.4) is 0 Å². The van der Waals surface area contributed by atoms with E-state index in [1.807, 2.05) is 30.6 Å². The quantitative estimate of drug-likeness (QED) is 0.389. The number of benzene rings is 1. The lowest BCUT2D eigenvalue weighted by Crippen LogP contribution is -2.50. The molecule has 188 valence electrons. The van der Waals surface area contributed by atoms with Crippen LogP contribution in [0.2, 0.25) is 0 Å². The van der Waals surface area contributed by atoms with Gasteiger partial charge in [-0.05, 0) is 89.9 Å². The number of allylic oxidation sites excluding steroid dienone is 3. The SMILES string of the molecule is C[C@]12CC[C@H](OC(=O)[C@@H](O)c3ccccc3)CC1=CC[C@@H]1[C@@H]2CC[C@]2(C)C(c3cccnc3)=CC[C@@H]12. The number of carbonyl (C=O) groups is 1. The van der Waals surface area contributed by atoms with Gasteiger partial charge in [-0.15, -0.1) is 0 Å². The molecule has 4 aliphatic carbocycles. The van der Waals surface area contributed by atoms with Crippen LogP contribution in [0.25, 0.3) is 5.57 Å². The van der Waals surface area contributed by atoms with Gasteiger partial charge in [0, 0.05) is 18.8 Å². The predicted octanol–water partition coefficient (Wildman–Crippen LogP) is 6.68. The highest BCUT2D eigenvalue weighted by molar-refractivity contribution is 5.76. The van der Waals surface area contributed by atoms with Crippen LogP contribution in [0, 0.1) is 28.6 Å². The van der Waals surface area contributed by atoms with Gasteiger partial charge in [0.15, 0.2) is 6.10 Å². The number of ether oxygens (including phenoxy) is 1. The summed E-state index contributed by atoms with van der Waals surface area (Å²) in [5.41, 5.74) is 5.27. The first-order chi connectivity index (χ1) is 17.4. The molecule has 4 nitrogen and oxygen atoms in total. The number of carbonyl (C=O) groups excluding carboxylic acids is 1. The van der Waals surface area contributed by atoms with Crippen molar-refractivity contribution < 1.29 is 14.6 Å². The van der Waals surface area contributed by atoms with E-state index in [0.717, 1.165) is 25.7 Å². The van der Waals surface area contributed by atoms with Crippen LogP contribution in [0.15, 0.2) is 72.6 Å². The predicted molar refractivity (Wildman–Crippen MR) is 141 cm³/mol. The van der Waals surface area contributed by atoms with Gasteiger partial charge in [-0.3, -0.25) is 4.98 Å². The molecule has 4 aliphatic rings.